The molecule has 2 heterocycles. The lowest BCUT2D eigenvalue weighted by atomic mass is 9.94. The van der Waals surface area contributed by atoms with Crippen molar-refractivity contribution in [1.82, 2.24) is 19.5 Å². The first-order valence-electron chi connectivity index (χ1n) is 10.1. The van der Waals surface area contributed by atoms with Gasteiger partial charge in [-0.1, -0.05) is 36.4 Å². The van der Waals surface area contributed by atoms with Gasteiger partial charge in [0.15, 0.2) is 5.82 Å². The van der Waals surface area contributed by atoms with Gasteiger partial charge >= 0.3 is 0 Å². The van der Waals surface area contributed by atoms with Crippen LogP contribution in [0.25, 0.3) is 27.4 Å². The number of allylic oxidation sites excluding steroid dienone is 4. The van der Waals surface area contributed by atoms with Crippen molar-refractivity contribution < 1.29 is 0 Å². The van der Waals surface area contributed by atoms with E-state index >= 15 is 0 Å². The van der Waals surface area contributed by atoms with Gasteiger partial charge in [0.25, 0.3) is 0 Å². The molecule has 4 aromatic rings. The fourth-order valence-corrected chi connectivity index (χ4v) is 4.38. The summed E-state index contributed by atoms with van der Waals surface area (Å²) in [6.45, 7) is 5.82. The molecule has 1 unspecified atom stereocenters. The van der Waals surface area contributed by atoms with E-state index in [2.05, 4.69) is 81.1 Å². The summed E-state index contributed by atoms with van der Waals surface area (Å²) in [5, 5.41) is 12.2. The minimum atomic E-state index is 0.0682. The third-order valence-electron chi connectivity index (χ3n) is 5.63. The normalized spacial score (nSPS) is 16.4. The minimum Gasteiger partial charge on any atom is -0.333 e. The Hall–Kier alpha value is -3.78. The number of aromatic nitrogens is 4. The zero-order valence-corrected chi connectivity index (χ0v) is 17.2. The number of benzene rings is 2. The summed E-state index contributed by atoms with van der Waals surface area (Å²) in [5.74, 6) is 1.88. The predicted octanol–water partition coefficient (Wildman–Crippen LogP) is 5.38. The molecule has 0 radical (unpaired) electrons. The molecule has 0 aliphatic heterocycles. The van der Waals surface area contributed by atoms with Crippen molar-refractivity contribution in [1.29, 1.82) is 5.26 Å². The quantitative estimate of drug-likeness (QED) is 0.460. The second kappa shape index (κ2) is 6.93. The number of hydrogen-bond donors (Lipinski definition) is 0. The largest absolute Gasteiger partial charge is 0.333 e. The van der Waals surface area contributed by atoms with Gasteiger partial charge in [-0.05, 0) is 51.0 Å². The van der Waals surface area contributed by atoms with Gasteiger partial charge in [0.2, 0.25) is 0 Å². The molecular formula is C25H21N5. The fourth-order valence-electron chi connectivity index (χ4n) is 4.38. The Morgan fingerprint density at radius 2 is 1.67 bits per heavy atom. The summed E-state index contributed by atoms with van der Waals surface area (Å²) in [6.07, 6.45) is 4.89. The maximum absolute atomic E-state index is 9.72. The van der Waals surface area contributed by atoms with Gasteiger partial charge in [-0.3, -0.25) is 0 Å². The summed E-state index contributed by atoms with van der Waals surface area (Å²) >= 11 is 0. The van der Waals surface area contributed by atoms with Crippen LogP contribution in [-0.2, 0) is 0 Å². The number of aryl methyl sites for hydroxylation is 3. The van der Waals surface area contributed by atoms with Gasteiger partial charge in [0.1, 0.15) is 11.6 Å². The average Bonchev–Trinajstić information content (AvgIpc) is 3.06. The summed E-state index contributed by atoms with van der Waals surface area (Å²) in [6, 6.07) is 17.5. The first-order chi connectivity index (χ1) is 14.5. The van der Waals surface area contributed by atoms with Crippen molar-refractivity contribution in [2.75, 3.05) is 0 Å². The summed E-state index contributed by atoms with van der Waals surface area (Å²) in [7, 11) is 0. The molecule has 0 N–H and O–H groups in total. The van der Waals surface area contributed by atoms with E-state index in [-0.39, 0.29) is 6.04 Å². The SMILES string of the molecule is Cc1ccc2c3ccccc3n(C3C=C(c4nc(C)nc(C)n4)C(C#N)=CC3)c2c1. The lowest BCUT2D eigenvalue weighted by Crippen LogP contribution is -2.12. The molecular weight excluding hydrogens is 370 g/mol. The average molecular weight is 391 g/mol. The van der Waals surface area contributed by atoms with E-state index in [1.54, 1.807) is 0 Å². The van der Waals surface area contributed by atoms with Crippen LogP contribution in [0.4, 0.5) is 0 Å². The Kier molecular flexibility index (Phi) is 4.22. The minimum absolute atomic E-state index is 0.0682. The number of rotatable bonds is 2. The first-order valence-corrected chi connectivity index (χ1v) is 10.1. The molecule has 5 rings (SSSR count). The van der Waals surface area contributed by atoms with Crippen molar-refractivity contribution in [2.45, 2.75) is 33.2 Å². The highest BCUT2D eigenvalue weighted by Crippen LogP contribution is 2.38. The molecule has 0 fully saturated rings. The van der Waals surface area contributed by atoms with E-state index in [9.17, 15) is 5.26 Å². The highest BCUT2D eigenvalue weighted by atomic mass is 15.0. The number of nitrogens with zero attached hydrogens (tertiary/aromatic N) is 5. The Labute approximate surface area is 175 Å². The molecule has 0 bridgehead atoms. The molecule has 2 aromatic heterocycles. The van der Waals surface area contributed by atoms with Gasteiger partial charge in [-0.15, -0.1) is 0 Å². The van der Waals surface area contributed by atoms with Crippen molar-refractivity contribution in [3.8, 4) is 6.07 Å². The van der Waals surface area contributed by atoms with Gasteiger partial charge in [-0.2, -0.15) is 5.26 Å². The summed E-state index contributed by atoms with van der Waals surface area (Å²) in [4.78, 5) is 13.3. The van der Waals surface area contributed by atoms with E-state index < -0.39 is 0 Å². The van der Waals surface area contributed by atoms with Crippen LogP contribution in [0.2, 0.25) is 0 Å². The predicted molar refractivity (Wildman–Crippen MR) is 119 cm³/mol. The van der Waals surface area contributed by atoms with Crippen molar-refractivity contribution in [3.63, 3.8) is 0 Å². The van der Waals surface area contributed by atoms with E-state index in [1.165, 1.54) is 27.4 Å². The highest BCUT2D eigenvalue weighted by Gasteiger charge is 2.23. The molecule has 1 aliphatic carbocycles. The monoisotopic (exact) mass is 391 g/mol. The second-order valence-corrected chi connectivity index (χ2v) is 7.77. The molecule has 0 saturated carbocycles. The van der Waals surface area contributed by atoms with Gasteiger partial charge in [0.05, 0.1) is 17.7 Å². The molecule has 146 valence electrons. The molecule has 5 heteroatoms. The van der Waals surface area contributed by atoms with E-state index in [0.29, 0.717) is 23.0 Å². The Balaban J connectivity index is 1.76. The van der Waals surface area contributed by atoms with Gasteiger partial charge in [-0.25, -0.2) is 15.0 Å². The third-order valence-corrected chi connectivity index (χ3v) is 5.63. The topological polar surface area (TPSA) is 67.4 Å². The van der Waals surface area contributed by atoms with Crippen LogP contribution < -0.4 is 0 Å². The number of hydrogen-bond acceptors (Lipinski definition) is 4. The van der Waals surface area contributed by atoms with Gasteiger partial charge < -0.3 is 4.57 Å². The van der Waals surface area contributed by atoms with Crippen LogP contribution >= 0.6 is 0 Å². The lowest BCUT2D eigenvalue weighted by molar-refractivity contribution is 0.647. The molecule has 0 saturated heterocycles. The number of fused-ring (bicyclic) bond motifs is 3. The standard InChI is InChI=1S/C25H21N5/c1-15-8-11-21-20-6-4-5-7-23(20)30(24(21)12-15)19-10-9-18(14-26)22(13-19)25-28-16(2)27-17(3)29-25/h4-9,11-13,19H,10H2,1-3H3. The molecule has 1 aliphatic rings. The van der Waals surface area contributed by atoms with Crippen molar-refractivity contribution in [2.24, 2.45) is 0 Å². The van der Waals surface area contributed by atoms with Crippen LogP contribution in [0.1, 0.15) is 35.5 Å². The van der Waals surface area contributed by atoms with Crippen LogP contribution in [0.3, 0.4) is 0 Å². The number of nitriles is 1. The second-order valence-electron chi connectivity index (χ2n) is 7.77. The van der Waals surface area contributed by atoms with Crippen LogP contribution in [0.5, 0.6) is 0 Å². The fraction of sp³-hybridized carbons (Fsp3) is 0.200. The molecule has 2 aromatic carbocycles. The van der Waals surface area contributed by atoms with Crippen LogP contribution in [0, 0.1) is 32.1 Å². The molecule has 1 atom stereocenters. The zero-order chi connectivity index (χ0) is 20.8. The van der Waals surface area contributed by atoms with Crippen LogP contribution in [-0.4, -0.2) is 19.5 Å². The molecule has 0 amide bonds. The van der Waals surface area contributed by atoms with E-state index in [4.69, 9.17) is 0 Å². The van der Waals surface area contributed by atoms with Crippen molar-refractivity contribution in [3.05, 3.63) is 83.2 Å². The lowest BCUT2D eigenvalue weighted by Gasteiger charge is -2.22. The van der Waals surface area contributed by atoms with Gasteiger partial charge in [0, 0.05) is 27.4 Å². The van der Waals surface area contributed by atoms with E-state index in [1.807, 2.05) is 19.9 Å². The smallest absolute Gasteiger partial charge is 0.164 e. The Morgan fingerprint density at radius 1 is 0.933 bits per heavy atom. The number of para-hydroxylation sites is 1. The highest BCUT2D eigenvalue weighted by molar-refractivity contribution is 6.08. The van der Waals surface area contributed by atoms with E-state index in [0.717, 1.165) is 12.0 Å². The zero-order valence-electron chi connectivity index (χ0n) is 17.2. The Bertz CT molecular complexity index is 1390. The van der Waals surface area contributed by atoms with Crippen molar-refractivity contribution >= 4 is 27.4 Å². The molecule has 30 heavy (non-hydrogen) atoms. The first kappa shape index (κ1) is 18.3. The molecule has 0 spiro atoms. The maximum Gasteiger partial charge on any atom is 0.164 e. The van der Waals surface area contributed by atoms with Crippen LogP contribution in [0.15, 0.2) is 60.2 Å². The molecule has 5 nitrogen and oxygen atoms in total. The third kappa shape index (κ3) is 2.89. The maximum atomic E-state index is 9.72. The summed E-state index contributed by atoms with van der Waals surface area (Å²) in [5.41, 5.74) is 5.02. The Morgan fingerprint density at radius 3 is 2.43 bits per heavy atom. The summed E-state index contributed by atoms with van der Waals surface area (Å²) < 4.78 is 2.38.